The SMILES string of the molecule is CC(CBr)N(C)c1nccc2occc12. The molecule has 0 aliphatic heterocycles. The van der Waals surface area contributed by atoms with E-state index in [1.54, 1.807) is 12.5 Å². The Bertz CT molecular complexity index is 455. The van der Waals surface area contributed by atoms with Crippen LogP contribution in [0.4, 0.5) is 5.82 Å². The Hall–Kier alpha value is -1.03. The van der Waals surface area contributed by atoms with Gasteiger partial charge in [0.15, 0.2) is 0 Å². The summed E-state index contributed by atoms with van der Waals surface area (Å²) in [5.74, 6) is 0.966. The van der Waals surface area contributed by atoms with Crippen LogP contribution in [-0.4, -0.2) is 23.4 Å². The summed E-state index contributed by atoms with van der Waals surface area (Å²) in [4.78, 5) is 6.54. The molecular weight excluding hydrogens is 256 g/mol. The predicted molar refractivity (Wildman–Crippen MR) is 65.7 cm³/mol. The summed E-state index contributed by atoms with van der Waals surface area (Å²) in [5.41, 5.74) is 0.883. The zero-order valence-electron chi connectivity index (χ0n) is 8.77. The summed E-state index contributed by atoms with van der Waals surface area (Å²) >= 11 is 3.47. The molecule has 0 aromatic carbocycles. The normalized spacial score (nSPS) is 13.0. The minimum atomic E-state index is 0.401. The lowest BCUT2D eigenvalue weighted by molar-refractivity contribution is 0.615. The Morgan fingerprint density at radius 1 is 1.53 bits per heavy atom. The number of rotatable bonds is 3. The highest BCUT2D eigenvalue weighted by Crippen LogP contribution is 2.25. The molecule has 0 saturated carbocycles. The lowest BCUT2D eigenvalue weighted by Gasteiger charge is -2.24. The van der Waals surface area contributed by atoms with Gasteiger partial charge in [-0.3, -0.25) is 0 Å². The zero-order chi connectivity index (χ0) is 10.8. The zero-order valence-corrected chi connectivity index (χ0v) is 10.4. The first-order valence-electron chi connectivity index (χ1n) is 4.85. The Labute approximate surface area is 97.2 Å². The summed E-state index contributed by atoms with van der Waals surface area (Å²) in [7, 11) is 2.04. The molecule has 3 nitrogen and oxygen atoms in total. The Morgan fingerprint density at radius 2 is 2.33 bits per heavy atom. The number of alkyl halides is 1. The minimum absolute atomic E-state index is 0.401. The second kappa shape index (κ2) is 4.23. The van der Waals surface area contributed by atoms with Crippen LogP contribution in [0, 0.1) is 0 Å². The molecule has 0 radical (unpaired) electrons. The molecule has 2 rings (SSSR count). The van der Waals surface area contributed by atoms with E-state index in [1.165, 1.54) is 0 Å². The first kappa shape index (κ1) is 10.5. The molecule has 1 unspecified atom stereocenters. The highest BCUT2D eigenvalue weighted by Gasteiger charge is 2.13. The van der Waals surface area contributed by atoms with Gasteiger partial charge in [0.05, 0.1) is 11.6 Å². The van der Waals surface area contributed by atoms with E-state index in [0.29, 0.717) is 6.04 Å². The molecule has 0 fully saturated rings. The molecule has 0 aliphatic rings. The van der Waals surface area contributed by atoms with Crippen LogP contribution in [-0.2, 0) is 0 Å². The van der Waals surface area contributed by atoms with Crippen molar-refractivity contribution in [2.45, 2.75) is 13.0 Å². The number of nitrogens with zero attached hydrogens (tertiary/aromatic N) is 2. The Morgan fingerprint density at radius 3 is 3.07 bits per heavy atom. The summed E-state index contributed by atoms with van der Waals surface area (Å²) < 4.78 is 5.34. The smallest absolute Gasteiger partial charge is 0.139 e. The van der Waals surface area contributed by atoms with Crippen molar-refractivity contribution in [2.75, 3.05) is 17.3 Å². The van der Waals surface area contributed by atoms with E-state index in [1.807, 2.05) is 19.2 Å². The van der Waals surface area contributed by atoms with Gasteiger partial charge in [0, 0.05) is 24.6 Å². The molecule has 4 heteroatoms. The van der Waals surface area contributed by atoms with Gasteiger partial charge >= 0.3 is 0 Å². The van der Waals surface area contributed by atoms with Crippen LogP contribution < -0.4 is 4.90 Å². The first-order chi connectivity index (χ1) is 7.24. The predicted octanol–water partition coefficient (Wildman–Crippen LogP) is 3.05. The number of halogens is 1. The van der Waals surface area contributed by atoms with Crippen LogP contribution in [0.15, 0.2) is 29.0 Å². The summed E-state index contributed by atoms with van der Waals surface area (Å²) in [6.45, 7) is 2.15. The van der Waals surface area contributed by atoms with E-state index in [9.17, 15) is 0 Å². The van der Waals surface area contributed by atoms with Gasteiger partial charge in [-0.05, 0) is 19.1 Å². The van der Waals surface area contributed by atoms with Crippen LogP contribution >= 0.6 is 15.9 Å². The molecule has 0 aliphatic carbocycles. The quantitative estimate of drug-likeness (QED) is 0.802. The lowest BCUT2D eigenvalue weighted by Crippen LogP contribution is -2.30. The molecule has 0 N–H and O–H groups in total. The van der Waals surface area contributed by atoms with Crippen molar-refractivity contribution in [1.82, 2.24) is 4.98 Å². The van der Waals surface area contributed by atoms with Gasteiger partial charge in [0.1, 0.15) is 11.4 Å². The topological polar surface area (TPSA) is 29.3 Å². The third-order valence-electron chi connectivity index (χ3n) is 2.58. The van der Waals surface area contributed by atoms with E-state index in [0.717, 1.165) is 22.1 Å². The van der Waals surface area contributed by atoms with Gasteiger partial charge in [-0.1, -0.05) is 15.9 Å². The maximum Gasteiger partial charge on any atom is 0.139 e. The molecular formula is C11H13BrN2O. The van der Waals surface area contributed by atoms with E-state index >= 15 is 0 Å². The average Bonchev–Trinajstić information content (AvgIpc) is 2.74. The van der Waals surface area contributed by atoms with Crippen LogP contribution in [0.2, 0.25) is 0 Å². The number of furan rings is 1. The van der Waals surface area contributed by atoms with E-state index in [2.05, 4.69) is 32.7 Å². The molecule has 2 aromatic rings. The molecule has 0 bridgehead atoms. The number of anilines is 1. The van der Waals surface area contributed by atoms with Gasteiger partial charge in [0.25, 0.3) is 0 Å². The summed E-state index contributed by atoms with van der Waals surface area (Å²) in [5, 5.41) is 1.98. The number of aromatic nitrogens is 1. The molecule has 0 amide bonds. The molecule has 2 heterocycles. The van der Waals surface area contributed by atoms with Crippen LogP contribution in [0.3, 0.4) is 0 Å². The van der Waals surface area contributed by atoms with Crippen molar-refractivity contribution in [2.24, 2.45) is 0 Å². The molecule has 2 aromatic heterocycles. The third kappa shape index (κ3) is 1.86. The van der Waals surface area contributed by atoms with Gasteiger partial charge < -0.3 is 9.32 Å². The summed E-state index contributed by atoms with van der Waals surface area (Å²) in [6.07, 6.45) is 3.47. The van der Waals surface area contributed by atoms with E-state index in [4.69, 9.17) is 4.42 Å². The number of fused-ring (bicyclic) bond motifs is 1. The van der Waals surface area contributed by atoms with Crippen molar-refractivity contribution in [3.05, 3.63) is 24.6 Å². The largest absolute Gasteiger partial charge is 0.464 e. The Balaban J connectivity index is 2.46. The van der Waals surface area contributed by atoms with Gasteiger partial charge in [0.2, 0.25) is 0 Å². The van der Waals surface area contributed by atoms with Gasteiger partial charge in [-0.2, -0.15) is 0 Å². The fourth-order valence-electron chi connectivity index (χ4n) is 1.47. The number of hydrogen-bond acceptors (Lipinski definition) is 3. The monoisotopic (exact) mass is 268 g/mol. The van der Waals surface area contributed by atoms with E-state index in [-0.39, 0.29) is 0 Å². The van der Waals surface area contributed by atoms with Crippen molar-refractivity contribution in [3.63, 3.8) is 0 Å². The van der Waals surface area contributed by atoms with Crippen molar-refractivity contribution in [1.29, 1.82) is 0 Å². The van der Waals surface area contributed by atoms with Crippen molar-refractivity contribution >= 4 is 32.7 Å². The number of pyridine rings is 1. The molecule has 80 valence electrons. The fourth-order valence-corrected chi connectivity index (χ4v) is 1.91. The highest BCUT2D eigenvalue weighted by atomic mass is 79.9. The molecule has 15 heavy (non-hydrogen) atoms. The molecule has 0 spiro atoms. The van der Waals surface area contributed by atoms with Crippen molar-refractivity contribution < 1.29 is 4.42 Å². The first-order valence-corrected chi connectivity index (χ1v) is 5.97. The molecule has 0 saturated heterocycles. The second-order valence-electron chi connectivity index (χ2n) is 3.58. The van der Waals surface area contributed by atoms with Gasteiger partial charge in [-0.15, -0.1) is 0 Å². The number of hydrogen-bond donors (Lipinski definition) is 0. The van der Waals surface area contributed by atoms with Crippen LogP contribution in [0.5, 0.6) is 0 Å². The second-order valence-corrected chi connectivity index (χ2v) is 4.23. The van der Waals surface area contributed by atoms with E-state index < -0.39 is 0 Å². The highest BCUT2D eigenvalue weighted by molar-refractivity contribution is 9.09. The fraction of sp³-hybridized carbons (Fsp3) is 0.364. The lowest BCUT2D eigenvalue weighted by atomic mass is 10.2. The average molecular weight is 269 g/mol. The summed E-state index contributed by atoms with van der Waals surface area (Å²) in [6, 6.07) is 4.23. The maximum absolute atomic E-state index is 5.34. The van der Waals surface area contributed by atoms with Crippen LogP contribution in [0.25, 0.3) is 11.0 Å². The molecule has 1 atom stereocenters. The van der Waals surface area contributed by atoms with Crippen LogP contribution in [0.1, 0.15) is 6.92 Å². The third-order valence-corrected chi connectivity index (χ3v) is 3.51. The minimum Gasteiger partial charge on any atom is -0.464 e. The maximum atomic E-state index is 5.34. The van der Waals surface area contributed by atoms with Crippen molar-refractivity contribution in [3.8, 4) is 0 Å². The standard InChI is InChI=1S/C11H13BrN2O/c1-8(7-12)14(2)11-9-4-6-15-10(9)3-5-13-11/h3-6,8H,7H2,1-2H3. The van der Waals surface area contributed by atoms with Gasteiger partial charge in [-0.25, -0.2) is 4.98 Å². The Kier molecular flexibility index (Phi) is 2.95.